The van der Waals surface area contributed by atoms with E-state index in [0.717, 1.165) is 19.3 Å². The Morgan fingerprint density at radius 3 is 2.44 bits per heavy atom. The van der Waals surface area contributed by atoms with Gasteiger partial charge in [0.1, 0.15) is 6.04 Å². The lowest BCUT2D eigenvalue weighted by molar-refractivity contribution is -0.135. The molecule has 0 aromatic heterocycles. The van der Waals surface area contributed by atoms with Gasteiger partial charge in [-0.25, -0.2) is 0 Å². The van der Waals surface area contributed by atoms with E-state index >= 15 is 0 Å². The molecule has 3 atom stereocenters. The maximum atomic E-state index is 11.8. The van der Waals surface area contributed by atoms with Gasteiger partial charge in [0, 0.05) is 20.1 Å². The zero-order valence-electron chi connectivity index (χ0n) is 10.2. The molecular formula is C11H21N3O2. The summed E-state index contributed by atoms with van der Waals surface area (Å²) in [6, 6.07) is -0.531. The molecule has 0 heterocycles. The van der Waals surface area contributed by atoms with Crippen molar-refractivity contribution in [1.82, 2.24) is 10.2 Å². The van der Waals surface area contributed by atoms with Crippen molar-refractivity contribution in [2.45, 2.75) is 38.3 Å². The van der Waals surface area contributed by atoms with Gasteiger partial charge in [0.25, 0.3) is 0 Å². The SMILES string of the molecule is CC(NC(=O)C1CCCC1N)C(=O)N(C)C. The van der Waals surface area contributed by atoms with Crippen LogP contribution in [0.5, 0.6) is 0 Å². The van der Waals surface area contributed by atoms with Gasteiger partial charge in [-0.3, -0.25) is 9.59 Å². The quantitative estimate of drug-likeness (QED) is 0.695. The Labute approximate surface area is 96.4 Å². The maximum absolute atomic E-state index is 11.8. The monoisotopic (exact) mass is 227 g/mol. The molecule has 1 fully saturated rings. The lowest BCUT2D eigenvalue weighted by atomic mass is 10.0. The van der Waals surface area contributed by atoms with Crippen molar-refractivity contribution in [3.05, 3.63) is 0 Å². The minimum Gasteiger partial charge on any atom is -0.347 e. The number of carbonyl (C=O) groups excluding carboxylic acids is 2. The average Bonchev–Trinajstić information content (AvgIpc) is 2.62. The summed E-state index contributed by atoms with van der Waals surface area (Å²) in [7, 11) is 3.35. The molecule has 0 radical (unpaired) electrons. The lowest BCUT2D eigenvalue weighted by Crippen LogP contribution is -2.48. The molecule has 2 amide bonds. The molecule has 0 aromatic rings. The standard InChI is InChI=1S/C11H21N3O2/c1-7(11(16)14(2)3)13-10(15)8-5-4-6-9(8)12/h7-9H,4-6,12H2,1-3H3,(H,13,15). The number of nitrogens with two attached hydrogens (primary N) is 1. The van der Waals surface area contributed by atoms with Crippen LogP contribution in [0, 0.1) is 5.92 Å². The van der Waals surface area contributed by atoms with Crippen molar-refractivity contribution in [1.29, 1.82) is 0 Å². The largest absolute Gasteiger partial charge is 0.347 e. The highest BCUT2D eigenvalue weighted by molar-refractivity contribution is 5.88. The molecule has 0 saturated heterocycles. The molecule has 0 aromatic carbocycles. The van der Waals surface area contributed by atoms with Gasteiger partial charge < -0.3 is 16.0 Å². The molecule has 1 rings (SSSR count). The number of carbonyl (C=O) groups is 2. The zero-order valence-corrected chi connectivity index (χ0v) is 10.2. The molecule has 0 aliphatic heterocycles. The molecule has 16 heavy (non-hydrogen) atoms. The number of likely N-dealkylation sites (N-methyl/N-ethyl adjacent to an activating group) is 1. The number of hydrogen-bond donors (Lipinski definition) is 2. The van der Waals surface area contributed by atoms with Gasteiger partial charge in [0.15, 0.2) is 0 Å². The van der Waals surface area contributed by atoms with E-state index < -0.39 is 6.04 Å². The molecular weight excluding hydrogens is 206 g/mol. The van der Waals surface area contributed by atoms with Crippen molar-refractivity contribution in [2.24, 2.45) is 11.7 Å². The topological polar surface area (TPSA) is 75.4 Å². The predicted molar refractivity (Wildman–Crippen MR) is 61.6 cm³/mol. The van der Waals surface area contributed by atoms with Crippen LogP contribution in [0.4, 0.5) is 0 Å². The van der Waals surface area contributed by atoms with E-state index in [-0.39, 0.29) is 23.8 Å². The summed E-state index contributed by atoms with van der Waals surface area (Å²) in [6.07, 6.45) is 2.72. The molecule has 1 aliphatic carbocycles. The first kappa shape index (κ1) is 13.0. The van der Waals surface area contributed by atoms with E-state index in [4.69, 9.17) is 5.73 Å². The van der Waals surface area contributed by atoms with Crippen LogP contribution in [0.25, 0.3) is 0 Å². The van der Waals surface area contributed by atoms with Gasteiger partial charge in [0.05, 0.1) is 5.92 Å². The molecule has 1 aliphatic rings. The Balaban J connectivity index is 2.48. The zero-order chi connectivity index (χ0) is 12.3. The highest BCUT2D eigenvalue weighted by atomic mass is 16.2. The Bertz CT molecular complexity index is 278. The summed E-state index contributed by atoms with van der Waals surface area (Å²) < 4.78 is 0. The second-order valence-electron chi connectivity index (χ2n) is 4.66. The van der Waals surface area contributed by atoms with E-state index in [9.17, 15) is 9.59 Å². The van der Waals surface area contributed by atoms with Crippen molar-refractivity contribution in [3.8, 4) is 0 Å². The Hall–Kier alpha value is -1.10. The summed E-state index contributed by atoms with van der Waals surface area (Å²) in [6.45, 7) is 1.70. The summed E-state index contributed by atoms with van der Waals surface area (Å²) in [4.78, 5) is 24.9. The Morgan fingerprint density at radius 1 is 1.38 bits per heavy atom. The minimum atomic E-state index is -0.477. The lowest BCUT2D eigenvalue weighted by Gasteiger charge is -2.21. The highest BCUT2D eigenvalue weighted by Crippen LogP contribution is 2.24. The summed E-state index contributed by atoms with van der Waals surface area (Å²) >= 11 is 0. The molecule has 5 nitrogen and oxygen atoms in total. The molecule has 1 saturated carbocycles. The average molecular weight is 227 g/mol. The van der Waals surface area contributed by atoms with E-state index in [1.165, 1.54) is 4.90 Å². The van der Waals surface area contributed by atoms with Gasteiger partial charge in [0.2, 0.25) is 11.8 Å². The first-order chi connectivity index (χ1) is 7.43. The van der Waals surface area contributed by atoms with Crippen LogP contribution in [0.1, 0.15) is 26.2 Å². The molecule has 0 spiro atoms. The van der Waals surface area contributed by atoms with Crippen LogP contribution in [0.3, 0.4) is 0 Å². The molecule has 92 valence electrons. The van der Waals surface area contributed by atoms with Crippen molar-refractivity contribution < 1.29 is 9.59 Å². The molecule has 0 bridgehead atoms. The predicted octanol–water partition coefficient (Wildman–Crippen LogP) is -0.293. The van der Waals surface area contributed by atoms with Crippen LogP contribution < -0.4 is 11.1 Å². The van der Waals surface area contributed by atoms with Crippen LogP contribution in [0.15, 0.2) is 0 Å². The van der Waals surface area contributed by atoms with Crippen molar-refractivity contribution >= 4 is 11.8 Å². The number of nitrogens with zero attached hydrogens (tertiary/aromatic N) is 1. The Morgan fingerprint density at radius 2 is 2.00 bits per heavy atom. The number of amides is 2. The highest BCUT2D eigenvalue weighted by Gasteiger charge is 2.31. The fraction of sp³-hybridized carbons (Fsp3) is 0.818. The number of hydrogen-bond acceptors (Lipinski definition) is 3. The third kappa shape index (κ3) is 2.95. The van der Waals surface area contributed by atoms with Crippen LogP contribution >= 0.6 is 0 Å². The van der Waals surface area contributed by atoms with E-state index in [0.29, 0.717) is 0 Å². The second kappa shape index (κ2) is 5.30. The smallest absolute Gasteiger partial charge is 0.244 e. The molecule has 5 heteroatoms. The van der Waals surface area contributed by atoms with Crippen LogP contribution in [-0.2, 0) is 9.59 Å². The van der Waals surface area contributed by atoms with E-state index in [1.54, 1.807) is 21.0 Å². The molecule has 3 N–H and O–H groups in total. The van der Waals surface area contributed by atoms with Crippen molar-refractivity contribution in [3.63, 3.8) is 0 Å². The van der Waals surface area contributed by atoms with Gasteiger partial charge in [-0.05, 0) is 19.8 Å². The third-order valence-electron chi connectivity index (χ3n) is 3.08. The fourth-order valence-electron chi connectivity index (χ4n) is 2.08. The summed E-state index contributed by atoms with van der Waals surface area (Å²) in [5.41, 5.74) is 5.84. The number of nitrogens with one attached hydrogen (secondary N) is 1. The minimum absolute atomic E-state index is 0.0540. The van der Waals surface area contributed by atoms with Crippen LogP contribution in [0.2, 0.25) is 0 Å². The fourth-order valence-corrected chi connectivity index (χ4v) is 2.08. The van der Waals surface area contributed by atoms with Crippen LogP contribution in [-0.4, -0.2) is 42.9 Å². The van der Waals surface area contributed by atoms with E-state index in [1.807, 2.05) is 0 Å². The normalized spacial score (nSPS) is 26.2. The van der Waals surface area contributed by atoms with Gasteiger partial charge >= 0.3 is 0 Å². The van der Waals surface area contributed by atoms with Crippen molar-refractivity contribution in [2.75, 3.05) is 14.1 Å². The summed E-state index contributed by atoms with van der Waals surface area (Å²) in [5, 5.41) is 2.72. The second-order valence-corrected chi connectivity index (χ2v) is 4.66. The maximum Gasteiger partial charge on any atom is 0.244 e. The first-order valence-electron chi connectivity index (χ1n) is 5.70. The van der Waals surface area contributed by atoms with Gasteiger partial charge in [-0.1, -0.05) is 6.42 Å². The van der Waals surface area contributed by atoms with E-state index in [2.05, 4.69) is 5.32 Å². The van der Waals surface area contributed by atoms with Gasteiger partial charge in [-0.15, -0.1) is 0 Å². The molecule has 3 unspecified atom stereocenters. The summed E-state index contributed by atoms with van der Waals surface area (Å²) in [5.74, 6) is -0.315. The first-order valence-corrected chi connectivity index (χ1v) is 5.70. The van der Waals surface area contributed by atoms with Gasteiger partial charge in [-0.2, -0.15) is 0 Å². The third-order valence-corrected chi connectivity index (χ3v) is 3.08. The Kier molecular flexibility index (Phi) is 4.29. The number of rotatable bonds is 3.